The van der Waals surface area contributed by atoms with Crippen molar-refractivity contribution in [3.05, 3.63) is 71.7 Å². The maximum Gasteiger partial charge on any atom is 0.339 e. The number of carbonyl (C=O) groups is 1. The number of carboxylic acid groups (broad SMARTS) is 1. The summed E-state index contributed by atoms with van der Waals surface area (Å²) in [5, 5.41) is 21.4. The number of pyridine rings is 1. The van der Waals surface area contributed by atoms with E-state index < -0.39 is 5.97 Å². The lowest BCUT2D eigenvalue weighted by molar-refractivity contribution is 0.0697. The van der Waals surface area contributed by atoms with Gasteiger partial charge in [-0.05, 0) is 24.3 Å². The average Bonchev–Trinajstić information content (AvgIpc) is 2.68. The highest BCUT2D eigenvalue weighted by Crippen LogP contribution is 2.23. The summed E-state index contributed by atoms with van der Waals surface area (Å²) in [5.41, 5.74) is 2.35. The van der Waals surface area contributed by atoms with Gasteiger partial charge < -0.3 is 10.4 Å². The Morgan fingerprint density at radius 3 is 2.62 bits per heavy atom. The molecule has 26 heavy (non-hydrogen) atoms. The van der Waals surface area contributed by atoms with E-state index in [1.54, 1.807) is 30.5 Å². The van der Waals surface area contributed by atoms with E-state index in [2.05, 4.69) is 20.3 Å². The van der Waals surface area contributed by atoms with Crippen LogP contribution in [0, 0.1) is 11.3 Å². The van der Waals surface area contributed by atoms with Gasteiger partial charge in [-0.3, -0.25) is 4.98 Å². The van der Waals surface area contributed by atoms with Gasteiger partial charge in [0.05, 0.1) is 17.3 Å². The number of nitrogens with one attached hydrogen (secondary N) is 1. The Balaban J connectivity index is 1.81. The van der Waals surface area contributed by atoms with Crippen LogP contribution in [0.3, 0.4) is 0 Å². The largest absolute Gasteiger partial charge is 0.478 e. The van der Waals surface area contributed by atoms with Gasteiger partial charge in [0.1, 0.15) is 5.56 Å². The van der Waals surface area contributed by atoms with E-state index in [4.69, 9.17) is 5.26 Å². The molecule has 3 aromatic rings. The van der Waals surface area contributed by atoms with E-state index in [1.807, 2.05) is 24.3 Å². The van der Waals surface area contributed by atoms with Crippen molar-refractivity contribution in [3.8, 4) is 17.3 Å². The minimum atomic E-state index is -1.11. The molecule has 0 bridgehead atoms. The van der Waals surface area contributed by atoms with E-state index in [1.165, 1.54) is 6.20 Å². The minimum Gasteiger partial charge on any atom is -0.478 e. The number of hydrogen-bond acceptors (Lipinski definition) is 6. The smallest absolute Gasteiger partial charge is 0.339 e. The summed E-state index contributed by atoms with van der Waals surface area (Å²) in [4.78, 5) is 24.1. The van der Waals surface area contributed by atoms with E-state index in [0.717, 1.165) is 5.69 Å². The summed E-state index contributed by atoms with van der Waals surface area (Å²) in [7, 11) is 0. The van der Waals surface area contributed by atoms with Crippen LogP contribution in [0.15, 0.2) is 54.9 Å². The third-order valence-electron chi connectivity index (χ3n) is 3.70. The highest BCUT2D eigenvalue weighted by molar-refractivity contribution is 5.94. The van der Waals surface area contributed by atoms with Gasteiger partial charge in [0.2, 0.25) is 5.95 Å². The standard InChI is InChI=1S/C19H15N5O2/c20-11-13-4-6-14(7-5-13)17-16(18(25)26)12-23-19(24-17)22-10-8-15-3-1-2-9-21-15/h1-7,9,12H,8,10H2,(H,25,26)(H,22,23,24). The second-order valence-electron chi connectivity index (χ2n) is 5.45. The number of anilines is 1. The van der Waals surface area contributed by atoms with Crippen LogP contribution in [0.5, 0.6) is 0 Å². The lowest BCUT2D eigenvalue weighted by atomic mass is 10.1. The van der Waals surface area contributed by atoms with Crippen molar-refractivity contribution < 1.29 is 9.90 Å². The molecule has 0 atom stereocenters. The molecule has 0 unspecified atom stereocenters. The van der Waals surface area contributed by atoms with Gasteiger partial charge in [0.15, 0.2) is 0 Å². The van der Waals surface area contributed by atoms with Crippen molar-refractivity contribution in [2.24, 2.45) is 0 Å². The summed E-state index contributed by atoms with van der Waals surface area (Å²) < 4.78 is 0. The quantitative estimate of drug-likeness (QED) is 0.706. The predicted molar refractivity (Wildman–Crippen MR) is 95.6 cm³/mol. The lowest BCUT2D eigenvalue weighted by Crippen LogP contribution is -2.11. The molecule has 7 nitrogen and oxygen atoms in total. The Morgan fingerprint density at radius 2 is 1.96 bits per heavy atom. The molecule has 128 valence electrons. The Hall–Kier alpha value is -3.79. The highest BCUT2D eigenvalue weighted by Gasteiger charge is 2.15. The molecule has 0 amide bonds. The second-order valence-corrected chi connectivity index (χ2v) is 5.45. The molecular formula is C19H15N5O2. The molecule has 2 heterocycles. The summed E-state index contributed by atoms with van der Waals surface area (Å²) in [6.45, 7) is 0.566. The number of aromatic nitrogens is 3. The number of aromatic carboxylic acids is 1. The highest BCUT2D eigenvalue weighted by atomic mass is 16.4. The molecule has 0 saturated carbocycles. The molecule has 2 aromatic heterocycles. The molecule has 2 N–H and O–H groups in total. The molecule has 1 aromatic carbocycles. The SMILES string of the molecule is N#Cc1ccc(-c2nc(NCCc3ccccn3)ncc2C(=O)O)cc1. The minimum absolute atomic E-state index is 0.00461. The number of nitriles is 1. The van der Waals surface area contributed by atoms with Crippen LogP contribution in [0.4, 0.5) is 5.95 Å². The number of hydrogen-bond donors (Lipinski definition) is 2. The van der Waals surface area contributed by atoms with E-state index >= 15 is 0 Å². The molecule has 0 saturated heterocycles. The van der Waals surface area contributed by atoms with Gasteiger partial charge in [-0.1, -0.05) is 18.2 Å². The molecule has 0 spiro atoms. The molecule has 3 rings (SSSR count). The number of carboxylic acids is 1. The van der Waals surface area contributed by atoms with Gasteiger partial charge in [-0.25, -0.2) is 14.8 Å². The van der Waals surface area contributed by atoms with Crippen LogP contribution in [0.25, 0.3) is 11.3 Å². The van der Waals surface area contributed by atoms with Crippen LogP contribution in [-0.4, -0.2) is 32.6 Å². The first-order valence-electron chi connectivity index (χ1n) is 7.92. The first kappa shape index (κ1) is 17.0. The van der Waals surface area contributed by atoms with Gasteiger partial charge in [0.25, 0.3) is 0 Å². The fourth-order valence-corrected chi connectivity index (χ4v) is 2.39. The Bertz CT molecular complexity index is 950. The van der Waals surface area contributed by atoms with Gasteiger partial charge >= 0.3 is 5.97 Å². The van der Waals surface area contributed by atoms with Crippen LogP contribution < -0.4 is 5.32 Å². The van der Waals surface area contributed by atoms with E-state index in [-0.39, 0.29) is 5.56 Å². The molecular weight excluding hydrogens is 330 g/mol. The van der Waals surface area contributed by atoms with E-state index in [9.17, 15) is 9.90 Å². The number of benzene rings is 1. The van der Waals surface area contributed by atoms with Crippen molar-refractivity contribution in [2.45, 2.75) is 6.42 Å². The van der Waals surface area contributed by atoms with Crippen molar-refractivity contribution in [1.82, 2.24) is 15.0 Å². The molecule has 0 aliphatic rings. The second kappa shape index (κ2) is 7.85. The summed E-state index contributed by atoms with van der Waals surface area (Å²) in [5.74, 6) is -0.769. The normalized spacial score (nSPS) is 10.1. The van der Waals surface area contributed by atoms with Crippen molar-refractivity contribution in [2.75, 3.05) is 11.9 Å². The third kappa shape index (κ3) is 3.99. The topological polar surface area (TPSA) is 112 Å². The maximum atomic E-state index is 11.5. The monoisotopic (exact) mass is 345 g/mol. The molecule has 0 aliphatic carbocycles. The van der Waals surface area contributed by atoms with Crippen molar-refractivity contribution in [3.63, 3.8) is 0 Å². The third-order valence-corrected chi connectivity index (χ3v) is 3.70. The first-order valence-corrected chi connectivity index (χ1v) is 7.92. The fraction of sp³-hybridized carbons (Fsp3) is 0.105. The lowest BCUT2D eigenvalue weighted by Gasteiger charge is -2.09. The van der Waals surface area contributed by atoms with Crippen molar-refractivity contribution in [1.29, 1.82) is 5.26 Å². The van der Waals surface area contributed by atoms with Gasteiger partial charge in [-0.15, -0.1) is 0 Å². The molecule has 7 heteroatoms. The van der Waals surface area contributed by atoms with Crippen LogP contribution in [0.2, 0.25) is 0 Å². The van der Waals surface area contributed by atoms with Gasteiger partial charge in [0, 0.05) is 36.6 Å². The fourth-order valence-electron chi connectivity index (χ4n) is 2.39. The molecule has 0 fully saturated rings. The Morgan fingerprint density at radius 1 is 1.15 bits per heavy atom. The molecule has 0 aliphatic heterocycles. The summed E-state index contributed by atoms with van der Waals surface area (Å²) in [6.07, 6.45) is 3.71. The number of rotatable bonds is 6. The number of nitrogens with zero attached hydrogens (tertiary/aromatic N) is 4. The zero-order valence-electron chi connectivity index (χ0n) is 13.8. The average molecular weight is 345 g/mol. The maximum absolute atomic E-state index is 11.5. The van der Waals surface area contributed by atoms with Crippen molar-refractivity contribution >= 4 is 11.9 Å². The zero-order valence-corrected chi connectivity index (χ0v) is 13.8. The zero-order chi connectivity index (χ0) is 18.4. The van der Waals surface area contributed by atoms with Gasteiger partial charge in [-0.2, -0.15) is 5.26 Å². The molecule has 0 radical (unpaired) electrons. The van der Waals surface area contributed by atoms with Crippen LogP contribution >= 0.6 is 0 Å². The summed E-state index contributed by atoms with van der Waals surface area (Å²) in [6, 6.07) is 14.3. The van der Waals surface area contributed by atoms with E-state index in [0.29, 0.717) is 35.7 Å². The first-order chi connectivity index (χ1) is 12.7. The Kier molecular flexibility index (Phi) is 5.15. The van der Waals surface area contributed by atoms with Crippen LogP contribution in [0.1, 0.15) is 21.6 Å². The summed E-state index contributed by atoms with van der Waals surface area (Å²) >= 11 is 0. The predicted octanol–water partition coefficient (Wildman–Crippen LogP) is 2.76. The van der Waals surface area contributed by atoms with Crippen LogP contribution in [-0.2, 0) is 6.42 Å². The Labute approximate surface area is 150 Å².